The van der Waals surface area contributed by atoms with E-state index in [2.05, 4.69) is 17.1 Å². The number of likely N-dealkylation sites (tertiary alicyclic amines) is 1. The number of hydrogen-bond acceptors (Lipinski definition) is 2. The molecule has 17 heavy (non-hydrogen) atoms. The molecule has 2 fully saturated rings. The monoisotopic (exact) mass is 242 g/mol. The molecule has 1 N–H and O–H groups in total. The molecule has 2 saturated heterocycles. The third kappa shape index (κ3) is 7.05. The highest BCUT2D eigenvalue weighted by atomic mass is 15.1. The van der Waals surface area contributed by atoms with Crippen molar-refractivity contribution in [2.45, 2.75) is 53.9 Å². The van der Waals surface area contributed by atoms with Crippen LogP contribution in [0.2, 0.25) is 0 Å². The Bertz CT molecular complexity index is 150. The quantitative estimate of drug-likeness (QED) is 0.798. The van der Waals surface area contributed by atoms with E-state index in [-0.39, 0.29) is 0 Å². The van der Waals surface area contributed by atoms with Crippen LogP contribution >= 0.6 is 0 Å². The Kier molecular flexibility index (Phi) is 11.0. The Morgan fingerprint density at radius 3 is 2.06 bits per heavy atom. The molecule has 0 aromatic heterocycles. The van der Waals surface area contributed by atoms with Gasteiger partial charge in [0.15, 0.2) is 0 Å². The minimum atomic E-state index is 0.946. The molecule has 2 rings (SSSR count). The van der Waals surface area contributed by atoms with Crippen molar-refractivity contribution in [1.29, 1.82) is 0 Å². The fourth-order valence-corrected chi connectivity index (χ4v) is 2.62. The Morgan fingerprint density at radius 1 is 1.00 bits per heavy atom. The number of piperidine rings is 1. The van der Waals surface area contributed by atoms with Crippen LogP contribution in [0.1, 0.15) is 53.9 Å². The molecule has 2 heteroatoms. The minimum Gasteiger partial charge on any atom is -0.317 e. The van der Waals surface area contributed by atoms with Crippen LogP contribution in [-0.4, -0.2) is 37.6 Å². The van der Waals surface area contributed by atoms with Crippen molar-refractivity contribution in [1.82, 2.24) is 10.2 Å². The summed E-state index contributed by atoms with van der Waals surface area (Å²) in [4.78, 5) is 2.67. The first kappa shape index (κ1) is 16.9. The van der Waals surface area contributed by atoms with Gasteiger partial charge in [-0.25, -0.2) is 0 Å². The highest BCUT2D eigenvalue weighted by Crippen LogP contribution is 2.19. The minimum absolute atomic E-state index is 0.946. The molecule has 0 spiro atoms. The molecule has 0 unspecified atom stereocenters. The number of hydrogen-bond donors (Lipinski definition) is 1. The summed E-state index contributed by atoms with van der Waals surface area (Å²) in [5.41, 5.74) is 0. The average Bonchev–Trinajstić information content (AvgIpc) is 2.81. The topological polar surface area (TPSA) is 15.3 Å². The maximum Gasteiger partial charge on any atom is 0.00107 e. The maximum atomic E-state index is 3.43. The number of nitrogens with zero attached hydrogens (tertiary/aromatic N) is 1. The van der Waals surface area contributed by atoms with Crippen LogP contribution in [0.25, 0.3) is 0 Å². The molecule has 2 aliphatic heterocycles. The van der Waals surface area contributed by atoms with Gasteiger partial charge in [0.2, 0.25) is 0 Å². The van der Waals surface area contributed by atoms with E-state index in [4.69, 9.17) is 0 Å². The van der Waals surface area contributed by atoms with Gasteiger partial charge in [-0.1, -0.05) is 34.6 Å². The first-order chi connectivity index (χ1) is 8.34. The lowest BCUT2D eigenvalue weighted by Crippen LogP contribution is -2.35. The molecule has 0 aliphatic carbocycles. The number of rotatable bonds is 2. The highest BCUT2D eigenvalue weighted by molar-refractivity contribution is 4.77. The van der Waals surface area contributed by atoms with Crippen LogP contribution < -0.4 is 5.32 Å². The van der Waals surface area contributed by atoms with E-state index in [1.165, 1.54) is 52.0 Å². The molecule has 2 heterocycles. The van der Waals surface area contributed by atoms with E-state index in [0.29, 0.717) is 0 Å². The maximum absolute atomic E-state index is 3.43. The van der Waals surface area contributed by atoms with E-state index in [0.717, 1.165) is 11.8 Å². The van der Waals surface area contributed by atoms with Crippen LogP contribution in [0.5, 0.6) is 0 Å². The molecule has 0 bridgehead atoms. The van der Waals surface area contributed by atoms with E-state index in [1.54, 1.807) is 0 Å². The van der Waals surface area contributed by atoms with Crippen LogP contribution in [0.15, 0.2) is 0 Å². The first-order valence-corrected chi connectivity index (χ1v) is 7.77. The van der Waals surface area contributed by atoms with E-state index < -0.39 is 0 Å². The van der Waals surface area contributed by atoms with Crippen molar-refractivity contribution in [3.8, 4) is 0 Å². The zero-order chi connectivity index (χ0) is 13.1. The second kappa shape index (κ2) is 11.0. The van der Waals surface area contributed by atoms with Gasteiger partial charge in [0.25, 0.3) is 0 Å². The molecule has 2 nitrogen and oxygen atoms in total. The lowest BCUT2D eigenvalue weighted by atomic mass is 9.98. The zero-order valence-electron chi connectivity index (χ0n) is 12.8. The van der Waals surface area contributed by atoms with Gasteiger partial charge in [0.05, 0.1) is 0 Å². The third-order valence-corrected chi connectivity index (χ3v) is 3.48. The highest BCUT2D eigenvalue weighted by Gasteiger charge is 2.22. The van der Waals surface area contributed by atoms with Gasteiger partial charge in [-0.15, -0.1) is 0 Å². The summed E-state index contributed by atoms with van der Waals surface area (Å²) in [5, 5.41) is 3.43. The largest absolute Gasteiger partial charge is 0.317 e. The van der Waals surface area contributed by atoms with Gasteiger partial charge in [-0.3, -0.25) is 0 Å². The summed E-state index contributed by atoms with van der Waals surface area (Å²) in [7, 11) is 0. The molecule has 2 aliphatic rings. The Labute approximate surface area is 109 Å². The Balaban J connectivity index is 0.000000581. The van der Waals surface area contributed by atoms with Crippen molar-refractivity contribution < 1.29 is 0 Å². The first-order valence-electron chi connectivity index (χ1n) is 7.77. The molecule has 1 atom stereocenters. The smallest absolute Gasteiger partial charge is 0.00107 e. The fourth-order valence-electron chi connectivity index (χ4n) is 2.62. The second-order valence-electron chi connectivity index (χ2n) is 4.85. The van der Waals surface area contributed by atoms with Crippen LogP contribution in [0.3, 0.4) is 0 Å². The normalized spacial score (nSPS) is 25.6. The molecular weight excluding hydrogens is 208 g/mol. The van der Waals surface area contributed by atoms with Crippen LogP contribution in [-0.2, 0) is 0 Å². The zero-order valence-corrected chi connectivity index (χ0v) is 12.8. The molecule has 0 radical (unpaired) electrons. The SMILES string of the molecule is CC.CC.C[C@@H]1CCN(CC2CCNCC2)C1. The fraction of sp³-hybridized carbons (Fsp3) is 1.00. The molecular formula is C15H34N2. The van der Waals surface area contributed by atoms with Crippen LogP contribution in [0, 0.1) is 11.8 Å². The van der Waals surface area contributed by atoms with Crippen molar-refractivity contribution in [3.05, 3.63) is 0 Å². The third-order valence-electron chi connectivity index (χ3n) is 3.48. The predicted molar refractivity (Wildman–Crippen MR) is 78.5 cm³/mol. The van der Waals surface area contributed by atoms with Gasteiger partial charge in [-0.05, 0) is 50.7 Å². The summed E-state index contributed by atoms with van der Waals surface area (Å²) in [6.07, 6.45) is 4.21. The van der Waals surface area contributed by atoms with E-state index in [9.17, 15) is 0 Å². The molecule has 104 valence electrons. The van der Waals surface area contributed by atoms with Gasteiger partial charge in [0.1, 0.15) is 0 Å². The summed E-state index contributed by atoms with van der Waals surface area (Å²) >= 11 is 0. The molecule has 0 aromatic carbocycles. The molecule has 0 amide bonds. The van der Waals surface area contributed by atoms with Crippen molar-refractivity contribution in [3.63, 3.8) is 0 Å². The van der Waals surface area contributed by atoms with Gasteiger partial charge >= 0.3 is 0 Å². The van der Waals surface area contributed by atoms with Crippen molar-refractivity contribution in [2.24, 2.45) is 11.8 Å². The molecule has 0 aromatic rings. The van der Waals surface area contributed by atoms with Crippen molar-refractivity contribution in [2.75, 3.05) is 32.7 Å². The predicted octanol–water partition coefficient (Wildman–Crippen LogP) is 3.38. The van der Waals surface area contributed by atoms with Crippen molar-refractivity contribution >= 4 is 0 Å². The van der Waals surface area contributed by atoms with Gasteiger partial charge < -0.3 is 10.2 Å². The Hall–Kier alpha value is -0.0800. The van der Waals surface area contributed by atoms with E-state index in [1.807, 2.05) is 27.7 Å². The lowest BCUT2D eigenvalue weighted by Gasteiger charge is -2.27. The lowest BCUT2D eigenvalue weighted by molar-refractivity contribution is 0.236. The standard InChI is InChI=1S/C11H22N2.2C2H6/c1-10-4-7-13(8-10)9-11-2-5-12-6-3-11;2*1-2/h10-12H,2-9H2,1H3;2*1-2H3/t10-;;/m1../s1. The summed E-state index contributed by atoms with van der Waals surface area (Å²) in [6.45, 7) is 16.9. The molecule has 0 saturated carbocycles. The van der Waals surface area contributed by atoms with Gasteiger partial charge in [0, 0.05) is 13.1 Å². The summed E-state index contributed by atoms with van der Waals surface area (Å²) in [6, 6.07) is 0. The number of nitrogens with one attached hydrogen (secondary N) is 1. The summed E-state index contributed by atoms with van der Waals surface area (Å²) in [5.74, 6) is 1.92. The summed E-state index contributed by atoms with van der Waals surface area (Å²) < 4.78 is 0. The second-order valence-corrected chi connectivity index (χ2v) is 4.85. The van der Waals surface area contributed by atoms with E-state index >= 15 is 0 Å². The van der Waals surface area contributed by atoms with Crippen LogP contribution in [0.4, 0.5) is 0 Å². The van der Waals surface area contributed by atoms with Gasteiger partial charge in [-0.2, -0.15) is 0 Å². The Morgan fingerprint density at radius 2 is 1.59 bits per heavy atom. The average molecular weight is 242 g/mol.